The molecule has 0 radical (unpaired) electrons. The van der Waals surface area contributed by atoms with Gasteiger partial charge in [0.25, 0.3) is 5.91 Å². The highest BCUT2D eigenvalue weighted by Gasteiger charge is 2.15. The van der Waals surface area contributed by atoms with Crippen LogP contribution in [-0.4, -0.2) is 28.9 Å². The molecule has 0 fully saturated rings. The number of carboxylic acid groups (broad SMARTS) is 1. The second-order valence-corrected chi connectivity index (χ2v) is 3.80. The fourth-order valence-electron chi connectivity index (χ4n) is 1.28. The Morgan fingerprint density at radius 2 is 1.94 bits per heavy atom. The van der Waals surface area contributed by atoms with Gasteiger partial charge in [-0.1, -0.05) is 6.07 Å². The summed E-state index contributed by atoms with van der Waals surface area (Å²) in [6.45, 7) is 2.73. The highest BCUT2D eigenvalue weighted by Crippen LogP contribution is 2.10. The second kappa shape index (κ2) is 5.81. The Morgan fingerprint density at radius 3 is 2.50 bits per heavy atom. The number of aliphatic carboxylic acids is 1. The molecule has 1 rings (SSSR count). The number of carbonyl (C=O) groups excluding carboxylic acids is 2. The second-order valence-electron chi connectivity index (χ2n) is 3.80. The molecule has 0 heterocycles. The number of anilines is 1. The number of hydrogen-bond donors (Lipinski definition) is 3. The van der Waals surface area contributed by atoms with Crippen LogP contribution in [-0.2, 0) is 9.59 Å². The molecule has 3 N–H and O–H groups in total. The maximum Gasteiger partial charge on any atom is 0.325 e. The molecule has 0 aliphatic rings. The fraction of sp³-hybridized carbons (Fsp3) is 0.250. The lowest BCUT2D eigenvalue weighted by Gasteiger charge is -2.10. The summed E-state index contributed by atoms with van der Waals surface area (Å²) in [6, 6.07) is 5.28. The SMILES string of the molecule is CC(=O)Nc1cccc(C(=O)N[C@H](C)C(=O)O)c1. The Labute approximate surface area is 104 Å². The van der Waals surface area contributed by atoms with Crippen molar-refractivity contribution in [1.29, 1.82) is 0 Å². The zero-order valence-corrected chi connectivity index (χ0v) is 10.1. The van der Waals surface area contributed by atoms with Crippen molar-refractivity contribution in [2.75, 3.05) is 5.32 Å². The van der Waals surface area contributed by atoms with E-state index in [1.54, 1.807) is 12.1 Å². The van der Waals surface area contributed by atoms with Crippen LogP contribution in [0.25, 0.3) is 0 Å². The van der Waals surface area contributed by atoms with E-state index in [4.69, 9.17) is 5.11 Å². The zero-order chi connectivity index (χ0) is 13.7. The monoisotopic (exact) mass is 250 g/mol. The molecule has 0 bridgehead atoms. The van der Waals surface area contributed by atoms with Crippen LogP contribution in [0, 0.1) is 0 Å². The van der Waals surface area contributed by atoms with Crippen molar-refractivity contribution in [2.24, 2.45) is 0 Å². The molecule has 1 atom stereocenters. The largest absolute Gasteiger partial charge is 0.480 e. The van der Waals surface area contributed by atoms with Gasteiger partial charge in [-0.2, -0.15) is 0 Å². The van der Waals surface area contributed by atoms with Gasteiger partial charge in [0.1, 0.15) is 6.04 Å². The summed E-state index contributed by atoms with van der Waals surface area (Å²) >= 11 is 0. The third kappa shape index (κ3) is 3.89. The van der Waals surface area contributed by atoms with E-state index in [0.29, 0.717) is 5.69 Å². The molecule has 2 amide bonds. The van der Waals surface area contributed by atoms with Crippen LogP contribution in [0.5, 0.6) is 0 Å². The van der Waals surface area contributed by atoms with E-state index in [9.17, 15) is 14.4 Å². The van der Waals surface area contributed by atoms with Crippen LogP contribution < -0.4 is 10.6 Å². The lowest BCUT2D eigenvalue weighted by molar-refractivity contribution is -0.138. The van der Waals surface area contributed by atoms with E-state index >= 15 is 0 Å². The molecule has 0 saturated heterocycles. The van der Waals surface area contributed by atoms with Gasteiger partial charge in [0.05, 0.1) is 0 Å². The minimum atomic E-state index is -1.11. The van der Waals surface area contributed by atoms with Gasteiger partial charge >= 0.3 is 5.97 Å². The van der Waals surface area contributed by atoms with Crippen LogP contribution >= 0.6 is 0 Å². The number of hydrogen-bond acceptors (Lipinski definition) is 3. The summed E-state index contributed by atoms with van der Waals surface area (Å²) in [7, 11) is 0. The minimum absolute atomic E-state index is 0.244. The molecule has 0 aliphatic carbocycles. The third-order valence-electron chi connectivity index (χ3n) is 2.16. The van der Waals surface area contributed by atoms with E-state index < -0.39 is 17.9 Å². The van der Waals surface area contributed by atoms with Crippen molar-refractivity contribution in [2.45, 2.75) is 19.9 Å². The van der Waals surface area contributed by atoms with Crippen LogP contribution in [0.3, 0.4) is 0 Å². The molecule has 0 aliphatic heterocycles. The number of carboxylic acids is 1. The number of carbonyl (C=O) groups is 3. The van der Waals surface area contributed by atoms with Crippen LogP contribution in [0.1, 0.15) is 24.2 Å². The van der Waals surface area contributed by atoms with Crippen molar-refractivity contribution < 1.29 is 19.5 Å². The summed E-state index contributed by atoms with van der Waals surface area (Å²) in [5.41, 5.74) is 0.771. The standard InChI is InChI=1S/C12H14N2O4/c1-7(12(17)18)13-11(16)9-4-3-5-10(6-9)14-8(2)15/h3-7H,1-2H3,(H,13,16)(H,14,15)(H,17,18)/t7-/m1/s1. The summed E-state index contributed by atoms with van der Waals surface area (Å²) in [5.74, 6) is -1.86. The molecular formula is C12H14N2O4. The molecule has 1 aromatic carbocycles. The minimum Gasteiger partial charge on any atom is -0.480 e. The molecule has 1 aromatic rings. The van der Waals surface area contributed by atoms with Gasteiger partial charge in [0.15, 0.2) is 0 Å². The number of nitrogens with one attached hydrogen (secondary N) is 2. The molecule has 18 heavy (non-hydrogen) atoms. The first-order chi connectivity index (χ1) is 8.40. The van der Waals surface area contributed by atoms with Gasteiger partial charge in [-0.15, -0.1) is 0 Å². The third-order valence-corrected chi connectivity index (χ3v) is 2.16. The Balaban J connectivity index is 2.80. The average Bonchev–Trinajstić information content (AvgIpc) is 2.28. The van der Waals surface area contributed by atoms with E-state index in [0.717, 1.165) is 0 Å². The van der Waals surface area contributed by atoms with Crippen LogP contribution in [0.4, 0.5) is 5.69 Å². The number of rotatable bonds is 4. The smallest absolute Gasteiger partial charge is 0.325 e. The molecule has 0 saturated carbocycles. The van der Waals surface area contributed by atoms with Crippen LogP contribution in [0.15, 0.2) is 24.3 Å². The predicted molar refractivity (Wildman–Crippen MR) is 65.3 cm³/mol. The number of benzene rings is 1. The number of amides is 2. The molecule has 0 spiro atoms. The molecular weight excluding hydrogens is 236 g/mol. The summed E-state index contributed by atoms with van der Waals surface area (Å²) in [4.78, 5) is 33.2. The maximum absolute atomic E-state index is 11.7. The molecule has 6 nitrogen and oxygen atoms in total. The highest BCUT2D eigenvalue weighted by molar-refractivity contribution is 5.98. The van der Waals surface area contributed by atoms with Crippen molar-refractivity contribution in [3.8, 4) is 0 Å². The van der Waals surface area contributed by atoms with Crippen molar-refractivity contribution in [3.63, 3.8) is 0 Å². The first-order valence-electron chi connectivity index (χ1n) is 5.31. The lowest BCUT2D eigenvalue weighted by atomic mass is 10.1. The van der Waals surface area contributed by atoms with Crippen molar-refractivity contribution in [3.05, 3.63) is 29.8 Å². The van der Waals surface area contributed by atoms with E-state index in [1.165, 1.54) is 26.0 Å². The van der Waals surface area contributed by atoms with Gasteiger partial charge in [-0.25, -0.2) is 0 Å². The van der Waals surface area contributed by atoms with Crippen LogP contribution in [0.2, 0.25) is 0 Å². The summed E-state index contributed by atoms with van der Waals surface area (Å²) < 4.78 is 0. The summed E-state index contributed by atoms with van der Waals surface area (Å²) in [5, 5.41) is 13.5. The van der Waals surface area contributed by atoms with Gasteiger partial charge in [0.2, 0.25) is 5.91 Å². The lowest BCUT2D eigenvalue weighted by Crippen LogP contribution is -2.38. The predicted octanol–water partition coefficient (Wildman–Crippen LogP) is 0.848. The van der Waals surface area contributed by atoms with E-state index in [1.807, 2.05) is 0 Å². The Hall–Kier alpha value is -2.37. The van der Waals surface area contributed by atoms with E-state index in [2.05, 4.69) is 10.6 Å². The van der Waals surface area contributed by atoms with Crippen molar-refractivity contribution >= 4 is 23.5 Å². The van der Waals surface area contributed by atoms with Crippen molar-refractivity contribution in [1.82, 2.24) is 5.32 Å². The topological polar surface area (TPSA) is 95.5 Å². The normalized spacial score (nSPS) is 11.4. The maximum atomic E-state index is 11.7. The first kappa shape index (κ1) is 13.7. The van der Waals surface area contributed by atoms with Gasteiger partial charge < -0.3 is 15.7 Å². The average molecular weight is 250 g/mol. The molecule has 6 heteroatoms. The Kier molecular flexibility index (Phi) is 4.42. The molecule has 0 unspecified atom stereocenters. The van der Waals surface area contributed by atoms with Gasteiger partial charge in [-0.3, -0.25) is 14.4 Å². The first-order valence-corrected chi connectivity index (χ1v) is 5.31. The van der Waals surface area contributed by atoms with Gasteiger partial charge in [0, 0.05) is 18.2 Å². The van der Waals surface area contributed by atoms with Gasteiger partial charge in [-0.05, 0) is 25.1 Å². The zero-order valence-electron chi connectivity index (χ0n) is 10.1. The van der Waals surface area contributed by atoms with E-state index in [-0.39, 0.29) is 11.5 Å². The molecule has 0 aromatic heterocycles. The summed E-state index contributed by atoms with van der Waals surface area (Å²) in [6.07, 6.45) is 0. The quantitative estimate of drug-likeness (QED) is 0.738. The highest BCUT2D eigenvalue weighted by atomic mass is 16.4. The molecule has 96 valence electrons. The Morgan fingerprint density at radius 1 is 1.28 bits per heavy atom. The Bertz CT molecular complexity index is 485. The fourth-order valence-corrected chi connectivity index (χ4v) is 1.28.